The molecule has 7 heteroatoms. The van der Waals surface area contributed by atoms with Crippen LogP contribution in [0.15, 0.2) is 42.6 Å². The van der Waals surface area contributed by atoms with Gasteiger partial charge in [0.05, 0.1) is 4.92 Å². The van der Waals surface area contributed by atoms with Crippen LogP contribution in [-0.4, -0.2) is 9.91 Å². The molecule has 0 amide bonds. The van der Waals surface area contributed by atoms with Crippen molar-refractivity contribution in [3.05, 3.63) is 69.9 Å². The minimum atomic E-state index is -0.746. The predicted octanol–water partition coefficient (Wildman–Crippen LogP) is 4.47. The predicted molar refractivity (Wildman–Crippen MR) is 82.8 cm³/mol. The van der Waals surface area contributed by atoms with E-state index < -0.39 is 16.6 Å². The van der Waals surface area contributed by atoms with Crippen molar-refractivity contribution in [2.24, 2.45) is 0 Å². The van der Waals surface area contributed by atoms with Crippen LogP contribution in [0.2, 0.25) is 0 Å². The van der Waals surface area contributed by atoms with Crippen LogP contribution in [0.25, 0.3) is 10.9 Å². The second kappa shape index (κ2) is 5.60. The molecule has 3 rings (SSSR count). The van der Waals surface area contributed by atoms with E-state index in [0.717, 1.165) is 6.07 Å². The fraction of sp³-hybridized carbons (Fsp3) is 0.0625. The van der Waals surface area contributed by atoms with Crippen LogP contribution in [0.5, 0.6) is 0 Å². The lowest BCUT2D eigenvalue weighted by Crippen LogP contribution is -1.97. The van der Waals surface area contributed by atoms with Gasteiger partial charge < -0.3 is 5.32 Å². The third-order valence-corrected chi connectivity index (χ3v) is 3.45. The molecule has 1 aromatic heterocycles. The maximum Gasteiger partial charge on any atom is 0.269 e. The Morgan fingerprint density at radius 2 is 1.91 bits per heavy atom. The van der Waals surface area contributed by atoms with Crippen molar-refractivity contribution in [1.82, 2.24) is 4.98 Å². The number of fused-ring (bicyclic) bond motifs is 1. The number of anilines is 2. The maximum atomic E-state index is 13.8. The molecule has 0 unspecified atom stereocenters. The summed E-state index contributed by atoms with van der Waals surface area (Å²) in [5, 5.41) is 14.1. The molecular formula is C16H11F2N3O2. The molecule has 2 aromatic carbocycles. The SMILES string of the molecule is Cc1cc([N+](=O)[O-])ccc1Nc1ccnc2c(F)cc(F)cc12. The summed E-state index contributed by atoms with van der Waals surface area (Å²) in [7, 11) is 0. The van der Waals surface area contributed by atoms with E-state index in [4.69, 9.17) is 0 Å². The summed E-state index contributed by atoms with van der Waals surface area (Å²) >= 11 is 0. The van der Waals surface area contributed by atoms with Crippen molar-refractivity contribution in [1.29, 1.82) is 0 Å². The van der Waals surface area contributed by atoms with Gasteiger partial charge in [0.25, 0.3) is 5.69 Å². The Balaban J connectivity index is 2.07. The zero-order chi connectivity index (χ0) is 16.6. The highest BCUT2D eigenvalue weighted by Crippen LogP contribution is 2.30. The number of nitro groups is 1. The normalized spacial score (nSPS) is 10.7. The van der Waals surface area contributed by atoms with E-state index in [9.17, 15) is 18.9 Å². The summed E-state index contributed by atoms with van der Waals surface area (Å²) in [6.07, 6.45) is 1.41. The zero-order valence-corrected chi connectivity index (χ0v) is 12.0. The Labute approximate surface area is 129 Å². The molecule has 1 heterocycles. The summed E-state index contributed by atoms with van der Waals surface area (Å²) in [5.41, 5.74) is 1.74. The number of halogens is 2. The molecular weight excluding hydrogens is 304 g/mol. The number of nitrogens with one attached hydrogen (secondary N) is 1. The number of benzene rings is 2. The highest BCUT2D eigenvalue weighted by molar-refractivity contribution is 5.93. The molecule has 0 bridgehead atoms. The van der Waals surface area contributed by atoms with E-state index in [1.807, 2.05) is 0 Å². The van der Waals surface area contributed by atoms with Crippen LogP contribution in [0.3, 0.4) is 0 Å². The molecule has 0 saturated heterocycles. The van der Waals surface area contributed by atoms with Crippen molar-refractivity contribution in [3.8, 4) is 0 Å². The van der Waals surface area contributed by atoms with Gasteiger partial charge in [0, 0.05) is 41.2 Å². The number of hydrogen-bond acceptors (Lipinski definition) is 4. The topological polar surface area (TPSA) is 68.1 Å². The number of non-ortho nitro benzene ring substituents is 1. The quantitative estimate of drug-likeness (QED) is 0.572. The summed E-state index contributed by atoms with van der Waals surface area (Å²) in [6.45, 7) is 1.71. The van der Waals surface area contributed by atoms with Gasteiger partial charge in [0.15, 0.2) is 5.82 Å². The Hall–Kier alpha value is -3.09. The summed E-state index contributed by atoms with van der Waals surface area (Å²) in [6, 6.07) is 7.88. The third-order valence-electron chi connectivity index (χ3n) is 3.45. The third kappa shape index (κ3) is 2.80. The number of rotatable bonds is 3. The summed E-state index contributed by atoms with van der Waals surface area (Å²) in [5.74, 6) is -1.45. The second-order valence-corrected chi connectivity index (χ2v) is 5.02. The van der Waals surface area contributed by atoms with Gasteiger partial charge in [-0.2, -0.15) is 0 Å². The highest BCUT2D eigenvalue weighted by atomic mass is 19.1. The monoisotopic (exact) mass is 315 g/mol. The minimum Gasteiger partial charge on any atom is -0.355 e. The Bertz CT molecular complexity index is 929. The van der Waals surface area contributed by atoms with Crippen LogP contribution < -0.4 is 5.32 Å². The smallest absolute Gasteiger partial charge is 0.269 e. The van der Waals surface area contributed by atoms with Gasteiger partial charge >= 0.3 is 0 Å². The molecule has 0 radical (unpaired) electrons. The van der Waals surface area contributed by atoms with Crippen molar-refractivity contribution in [2.45, 2.75) is 6.92 Å². The van der Waals surface area contributed by atoms with Crippen molar-refractivity contribution in [3.63, 3.8) is 0 Å². The average molecular weight is 315 g/mol. The van der Waals surface area contributed by atoms with E-state index in [-0.39, 0.29) is 11.2 Å². The number of nitrogens with zero attached hydrogens (tertiary/aromatic N) is 2. The van der Waals surface area contributed by atoms with Crippen molar-refractivity contribution >= 4 is 28.0 Å². The van der Waals surface area contributed by atoms with Gasteiger partial charge in [0.2, 0.25) is 0 Å². The Morgan fingerprint density at radius 1 is 1.13 bits per heavy atom. The van der Waals surface area contributed by atoms with Crippen LogP contribution in [0.1, 0.15) is 5.56 Å². The molecule has 0 aliphatic rings. The molecule has 1 N–H and O–H groups in total. The van der Waals surface area contributed by atoms with Crippen LogP contribution >= 0.6 is 0 Å². The average Bonchev–Trinajstić information content (AvgIpc) is 2.49. The molecule has 3 aromatic rings. The van der Waals surface area contributed by atoms with Gasteiger partial charge in [-0.25, -0.2) is 8.78 Å². The van der Waals surface area contributed by atoms with Gasteiger partial charge in [-0.1, -0.05) is 0 Å². The van der Waals surface area contributed by atoms with E-state index in [1.165, 1.54) is 24.4 Å². The van der Waals surface area contributed by atoms with Crippen molar-refractivity contribution in [2.75, 3.05) is 5.32 Å². The summed E-state index contributed by atoms with van der Waals surface area (Å²) < 4.78 is 27.2. The fourth-order valence-electron chi connectivity index (χ4n) is 2.33. The maximum absolute atomic E-state index is 13.8. The fourth-order valence-corrected chi connectivity index (χ4v) is 2.33. The zero-order valence-electron chi connectivity index (χ0n) is 12.0. The van der Waals surface area contributed by atoms with E-state index in [1.54, 1.807) is 19.1 Å². The van der Waals surface area contributed by atoms with Crippen molar-refractivity contribution < 1.29 is 13.7 Å². The van der Waals surface area contributed by atoms with E-state index in [0.29, 0.717) is 22.3 Å². The molecule has 0 atom stereocenters. The Kier molecular flexibility index (Phi) is 3.61. The lowest BCUT2D eigenvalue weighted by Gasteiger charge is -2.12. The Morgan fingerprint density at radius 3 is 2.61 bits per heavy atom. The van der Waals surface area contributed by atoms with Gasteiger partial charge in [-0.3, -0.25) is 15.1 Å². The molecule has 116 valence electrons. The van der Waals surface area contributed by atoms with Crippen LogP contribution in [0, 0.1) is 28.7 Å². The first-order chi connectivity index (χ1) is 11.0. The lowest BCUT2D eigenvalue weighted by molar-refractivity contribution is -0.384. The van der Waals surface area contributed by atoms with E-state index >= 15 is 0 Å². The molecule has 0 spiro atoms. The number of aryl methyl sites for hydroxylation is 1. The largest absolute Gasteiger partial charge is 0.355 e. The lowest BCUT2D eigenvalue weighted by atomic mass is 10.1. The van der Waals surface area contributed by atoms with Gasteiger partial charge in [0.1, 0.15) is 11.3 Å². The van der Waals surface area contributed by atoms with E-state index in [2.05, 4.69) is 10.3 Å². The first-order valence-electron chi connectivity index (χ1n) is 6.71. The molecule has 23 heavy (non-hydrogen) atoms. The van der Waals surface area contributed by atoms with Crippen LogP contribution in [-0.2, 0) is 0 Å². The molecule has 0 saturated carbocycles. The molecule has 0 aliphatic carbocycles. The van der Waals surface area contributed by atoms with Gasteiger partial charge in [-0.15, -0.1) is 0 Å². The highest BCUT2D eigenvalue weighted by Gasteiger charge is 2.12. The standard InChI is InChI=1S/C16H11F2N3O2/c1-9-6-11(21(22)23)2-3-14(9)20-15-4-5-19-16-12(15)7-10(17)8-13(16)18/h2-8H,1H3,(H,19,20). The first-order valence-corrected chi connectivity index (χ1v) is 6.71. The number of nitro benzene ring substituents is 1. The van der Waals surface area contributed by atoms with Gasteiger partial charge in [-0.05, 0) is 30.7 Å². The first kappa shape index (κ1) is 14.8. The summed E-state index contributed by atoms with van der Waals surface area (Å²) in [4.78, 5) is 14.2. The number of hydrogen-bond donors (Lipinski definition) is 1. The number of pyridine rings is 1. The molecule has 0 aliphatic heterocycles. The molecule has 0 fully saturated rings. The second-order valence-electron chi connectivity index (χ2n) is 5.02. The molecule has 5 nitrogen and oxygen atoms in total. The minimum absolute atomic E-state index is 0.0234. The van der Waals surface area contributed by atoms with Crippen LogP contribution in [0.4, 0.5) is 25.8 Å². The number of aromatic nitrogens is 1.